The number of benzene rings is 2. The van der Waals surface area contributed by atoms with Crippen LogP contribution in [0.1, 0.15) is 48.9 Å². The van der Waals surface area contributed by atoms with E-state index >= 15 is 0 Å². The third kappa shape index (κ3) is 4.32. The minimum Gasteiger partial charge on any atom is -0.427 e. The van der Waals surface area contributed by atoms with E-state index in [4.69, 9.17) is 4.74 Å². The number of hydrogen-bond donors (Lipinski definition) is 2. The Morgan fingerprint density at radius 3 is 2.57 bits per heavy atom. The predicted octanol–water partition coefficient (Wildman–Crippen LogP) is 3.56. The Kier molecular flexibility index (Phi) is 6.39. The highest BCUT2D eigenvalue weighted by atomic mass is 16.6. The zero-order valence-electron chi connectivity index (χ0n) is 21.4. The van der Waals surface area contributed by atoms with Gasteiger partial charge >= 0.3 is 12.1 Å². The lowest BCUT2D eigenvalue weighted by molar-refractivity contribution is -0.143. The van der Waals surface area contributed by atoms with Crippen LogP contribution in [-0.2, 0) is 39.3 Å². The van der Waals surface area contributed by atoms with Crippen LogP contribution in [-0.4, -0.2) is 53.4 Å². The van der Waals surface area contributed by atoms with E-state index in [-0.39, 0.29) is 30.4 Å². The molecule has 9 heteroatoms. The smallest absolute Gasteiger partial charge is 0.418 e. The maximum Gasteiger partial charge on any atom is 0.418 e. The van der Waals surface area contributed by atoms with Gasteiger partial charge in [0, 0.05) is 37.3 Å². The average Bonchev–Trinajstić information content (AvgIpc) is 3.25. The molecule has 2 atom stereocenters. The van der Waals surface area contributed by atoms with E-state index in [0.29, 0.717) is 30.6 Å². The Labute approximate surface area is 216 Å². The maximum absolute atomic E-state index is 13.6. The summed E-state index contributed by atoms with van der Waals surface area (Å²) in [5.74, 6) is -0.542. The number of nitrogens with zero attached hydrogens (tertiary/aromatic N) is 2. The molecule has 37 heavy (non-hydrogen) atoms. The predicted molar refractivity (Wildman–Crippen MR) is 137 cm³/mol. The Balaban J connectivity index is 1.37. The van der Waals surface area contributed by atoms with Crippen LogP contribution in [0.2, 0.25) is 0 Å². The molecule has 2 aromatic carbocycles. The highest BCUT2D eigenvalue weighted by Crippen LogP contribution is 2.46. The fourth-order valence-corrected chi connectivity index (χ4v) is 5.83. The molecule has 1 aliphatic carbocycles. The first-order chi connectivity index (χ1) is 17.7. The molecule has 0 radical (unpaired) electrons. The second kappa shape index (κ2) is 9.53. The van der Waals surface area contributed by atoms with Crippen molar-refractivity contribution < 1.29 is 23.9 Å². The molecule has 0 saturated carbocycles. The summed E-state index contributed by atoms with van der Waals surface area (Å²) >= 11 is 0. The van der Waals surface area contributed by atoms with E-state index in [1.807, 2.05) is 23.1 Å². The highest BCUT2D eigenvalue weighted by molar-refractivity contribution is 6.06. The number of carbonyl (C=O) groups is 4. The van der Waals surface area contributed by atoms with Crippen LogP contribution < -0.4 is 10.6 Å². The number of hydrogen-bond acceptors (Lipinski definition) is 5. The molecule has 1 unspecified atom stereocenters. The van der Waals surface area contributed by atoms with Gasteiger partial charge in [-0.1, -0.05) is 44.2 Å². The van der Waals surface area contributed by atoms with Crippen molar-refractivity contribution in [2.24, 2.45) is 5.92 Å². The molecule has 0 bridgehead atoms. The molecule has 3 aliphatic rings. The van der Waals surface area contributed by atoms with Crippen LogP contribution in [0.4, 0.5) is 15.3 Å². The van der Waals surface area contributed by atoms with Gasteiger partial charge in [0.15, 0.2) is 0 Å². The number of anilines is 1. The van der Waals surface area contributed by atoms with Crippen LogP contribution >= 0.6 is 0 Å². The quantitative estimate of drug-likeness (QED) is 0.662. The number of aryl methyl sites for hydroxylation is 2. The molecular formula is C28H32N4O5. The molecule has 2 aromatic rings. The highest BCUT2D eigenvalue weighted by Gasteiger charge is 2.58. The van der Waals surface area contributed by atoms with Gasteiger partial charge in [0.2, 0.25) is 11.5 Å². The van der Waals surface area contributed by atoms with Crippen LogP contribution in [0.15, 0.2) is 42.5 Å². The van der Waals surface area contributed by atoms with Crippen molar-refractivity contribution in [1.29, 1.82) is 0 Å². The second-order valence-corrected chi connectivity index (χ2v) is 10.3. The third-order valence-electron chi connectivity index (χ3n) is 7.80. The largest absolute Gasteiger partial charge is 0.427 e. The minimum atomic E-state index is -1.43. The van der Waals surface area contributed by atoms with Gasteiger partial charge in [0.05, 0.1) is 0 Å². The van der Waals surface area contributed by atoms with E-state index in [9.17, 15) is 19.2 Å². The Morgan fingerprint density at radius 1 is 1.08 bits per heavy atom. The van der Waals surface area contributed by atoms with Crippen LogP contribution in [0.3, 0.4) is 0 Å². The van der Waals surface area contributed by atoms with Crippen molar-refractivity contribution in [2.75, 3.05) is 18.9 Å². The lowest BCUT2D eigenvalue weighted by Crippen LogP contribution is -2.48. The lowest BCUT2D eigenvalue weighted by Gasteiger charge is -2.34. The van der Waals surface area contributed by atoms with E-state index in [1.165, 1.54) is 12.6 Å². The topological polar surface area (TPSA) is 108 Å². The van der Waals surface area contributed by atoms with Crippen molar-refractivity contribution in [3.8, 4) is 0 Å². The van der Waals surface area contributed by atoms with Crippen molar-refractivity contribution in [1.82, 2.24) is 15.1 Å². The number of imide groups is 1. The number of ether oxygens (including phenoxy) is 1. The molecule has 2 aliphatic heterocycles. The molecular weight excluding hydrogens is 472 g/mol. The Hall–Kier alpha value is -3.88. The number of amides is 5. The van der Waals surface area contributed by atoms with E-state index in [0.717, 1.165) is 28.9 Å². The van der Waals surface area contributed by atoms with Gasteiger partial charge in [-0.25, -0.2) is 14.5 Å². The minimum absolute atomic E-state index is 0.000958. The molecule has 1 spiro atoms. The molecule has 9 nitrogen and oxygen atoms in total. The first-order valence-corrected chi connectivity index (χ1v) is 12.8. The summed E-state index contributed by atoms with van der Waals surface area (Å²) in [6.45, 7) is 4.28. The molecule has 1 fully saturated rings. The maximum atomic E-state index is 13.6. The van der Waals surface area contributed by atoms with Crippen molar-refractivity contribution in [2.45, 2.75) is 57.7 Å². The summed E-state index contributed by atoms with van der Waals surface area (Å²) in [5.41, 5.74) is 2.91. The zero-order valence-corrected chi connectivity index (χ0v) is 21.4. The van der Waals surface area contributed by atoms with Crippen molar-refractivity contribution >= 4 is 29.6 Å². The standard InChI is InChI=1S/C28H32N4O5/c1-17(2)23-11-8-18-6-4-5-7-20(18)15-31(23)24(33)16-32-25(34)28(37-27(32)36)13-12-19-14-21(9-10-22(19)28)30-26(35)29-3/h4-7,9-10,14,17,23H,8,11-13,15-16H2,1-3H3,(H2,29,30,35)/t23?,28-/m1/s1. The molecule has 0 aromatic heterocycles. The van der Waals surface area contributed by atoms with Gasteiger partial charge in [0.25, 0.3) is 5.91 Å². The Bertz CT molecular complexity index is 1270. The van der Waals surface area contributed by atoms with E-state index < -0.39 is 17.6 Å². The van der Waals surface area contributed by atoms with Crippen LogP contribution in [0.25, 0.3) is 0 Å². The monoisotopic (exact) mass is 504 g/mol. The molecule has 1 saturated heterocycles. The number of nitrogens with one attached hydrogen (secondary N) is 2. The van der Waals surface area contributed by atoms with Gasteiger partial charge in [-0.2, -0.15) is 0 Å². The molecule has 5 amide bonds. The first-order valence-electron chi connectivity index (χ1n) is 12.8. The van der Waals surface area contributed by atoms with Crippen molar-refractivity contribution in [3.63, 3.8) is 0 Å². The summed E-state index contributed by atoms with van der Waals surface area (Å²) in [6, 6.07) is 12.9. The van der Waals surface area contributed by atoms with Gasteiger partial charge in [0.1, 0.15) is 6.54 Å². The van der Waals surface area contributed by atoms with Crippen molar-refractivity contribution in [3.05, 3.63) is 64.7 Å². The van der Waals surface area contributed by atoms with Gasteiger partial charge < -0.3 is 20.3 Å². The van der Waals surface area contributed by atoms with E-state index in [1.54, 1.807) is 18.2 Å². The van der Waals surface area contributed by atoms with Crippen LogP contribution in [0.5, 0.6) is 0 Å². The van der Waals surface area contributed by atoms with Gasteiger partial charge in [-0.3, -0.25) is 9.59 Å². The van der Waals surface area contributed by atoms with E-state index in [2.05, 4.69) is 30.5 Å². The normalized spacial score (nSPS) is 22.5. The number of urea groups is 1. The summed E-state index contributed by atoms with van der Waals surface area (Å²) in [4.78, 5) is 54.7. The van der Waals surface area contributed by atoms with Crippen LogP contribution in [0, 0.1) is 5.92 Å². The SMILES string of the molecule is CNC(=O)Nc1ccc2c(c1)CC[C@@]21OC(=O)N(CC(=O)N2Cc3ccccc3CCC2C(C)C)C1=O. The second-order valence-electron chi connectivity index (χ2n) is 10.3. The number of carbonyl (C=O) groups excluding carboxylic acids is 4. The summed E-state index contributed by atoms with van der Waals surface area (Å²) in [5, 5.41) is 5.21. The summed E-state index contributed by atoms with van der Waals surface area (Å²) in [6.07, 6.45) is 1.71. The molecule has 5 rings (SSSR count). The number of fused-ring (bicyclic) bond motifs is 3. The average molecular weight is 505 g/mol. The summed E-state index contributed by atoms with van der Waals surface area (Å²) in [7, 11) is 1.53. The molecule has 194 valence electrons. The molecule has 2 N–H and O–H groups in total. The third-order valence-corrected chi connectivity index (χ3v) is 7.80. The van der Waals surface area contributed by atoms with Gasteiger partial charge in [-0.15, -0.1) is 0 Å². The van der Waals surface area contributed by atoms with Gasteiger partial charge in [-0.05, 0) is 54.0 Å². The Morgan fingerprint density at radius 2 is 1.84 bits per heavy atom. The first kappa shape index (κ1) is 24.8. The molecule has 2 heterocycles. The lowest BCUT2D eigenvalue weighted by atomic mass is 9.94. The summed E-state index contributed by atoms with van der Waals surface area (Å²) < 4.78 is 5.71. The fourth-order valence-electron chi connectivity index (χ4n) is 5.83. The zero-order chi connectivity index (χ0) is 26.3. The number of rotatable bonds is 4. The fraction of sp³-hybridized carbons (Fsp3) is 0.429.